The van der Waals surface area contributed by atoms with E-state index in [4.69, 9.17) is 23.2 Å². The summed E-state index contributed by atoms with van der Waals surface area (Å²) in [7, 11) is 1.18. The van der Waals surface area contributed by atoms with Crippen molar-refractivity contribution in [1.29, 1.82) is 0 Å². The number of benzene rings is 1. The van der Waals surface area contributed by atoms with Gasteiger partial charge in [-0.05, 0) is 41.4 Å². The molecule has 0 heterocycles. The average molecular weight is 261 g/mol. The number of methoxy groups -OCH3 is 1. The fraction of sp³-hybridized carbons (Fsp3) is 0.100. The van der Waals surface area contributed by atoms with E-state index >= 15 is 0 Å². The molecule has 4 nitrogen and oxygen atoms in total. The van der Waals surface area contributed by atoms with Crippen molar-refractivity contribution in [3.63, 3.8) is 0 Å². The highest BCUT2D eigenvalue weighted by Gasteiger charge is 2.14. The van der Waals surface area contributed by atoms with Gasteiger partial charge in [0.15, 0.2) is 0 Å². The third-order valence-electron chi connectivity index (χ3n) is 1.81. The first-order chi connectivity index (χ1) is 7.45. The summed E-state index contributed by atoms with van der Waals surface area (Å²) in [5.41, 5.74) is 0.0557. The smallest absolute Gasteiger partial charge is 0.337 e. The molecule has 0 N–H and O–H groups in total. The summed E-state index contributed by atoms with van der Waals surface area (Å²) in [5, 5.41) is -1.57. The molecule has 0 aliphatic heterocycles. The molecule has 0 fully saturated rings. The summed E-state index contributed by atoms with van der Waals surface area (Å²) in [6, 6.07) is 3.66. The number of esters is 1. The van der Waals surface area contributed by atoms with Crippen LogP contribution in [0.1, 0.15) is 31.1 Å². The van der Waals surface area contributed by atoms with E-state index in [1.54, 1.807) is 0 Å². The SMILES string of the molecule is COC(=O)c1cc(C(=O)Cl)cc(C(=O)Cl)c1. The molecule has 0 aliphatic carbocycles. The molecule has 84 valence electrons. The van der Waals surface area contributed by atoms with E-state index < -0.39 is 16.5 Å². The highest BCUT2D eigenvalue weighted by atomic mass is 35.5. The van der Waals surface area contributed by atoms with Crippen LogP contribution in [0.25, 0.3) is 0 Å². The number of rotatable bonds is 3. The maximum absolute atomic E-state index is 11.2. The van der Waals surface area contributed by atoms with Gasteiger partial charge in [0.1, 0.15) is 0 Å². The van der Waals surface area contributed by atoms with Crippen LogP contribution < -0.4 is 0 Å². The number of hydrogen-bond acceptors (Lipinski definition) is 4. The zero-order valence-electron chi connectivity index (χ0n) is 8.12. The Bertz CT molecular complexity index is 436. The predicted molar refractivity (Wildman–Crippen MR) is 58.1 cm³/mol. The molecule has 0 amide bonds. The molecular weight excluding hydrogens is 255 g/mol. The van der Waals surface area contributed by atoms with Crippen LogP contribution in [0.2, 0.25) is 0 Å². The first-order valence-electron chi connectivity index (χ1n) is 4.08. The Morgan fingerprint density at radius 1 is 0.938 bits per heavy atom. The van der Waals surface area contributed by atoms with Gasteiger partial charge in [-0.2, -0.15) is 0 Å². The van der Waals surface area contributed by atoms with Crippen LogP contribution >= 0.6 is 23.2 Å². The molecule has 6 heteroatoms. The van der Waals surface area contributed by atoms with Gasteiger partial charge in [0.25, 0.3) is 10.5 Å². The molecule has 1 aromatic rings. The normalized spacial score (nSPS) is 9.69. The number of ether oxygens (including phenoxy) is 1. The van der Waals surface area contributed by atoms with Crippen LogP contribution in [0, 0.1) is 0 Å². The second kappa shape index (κ2) is 5.09. The van der Waals surface area contributed by atoms with Crippen molar-refractivity contribution in [2.45, 2.75) is 0 Å². The molecule has 16 heavy (non-hydrogen) atoms. The Kier molecular flexibility index (Phi) is 4.04. The molecule has 0 unspecified atom stereocenters. The van der Waals surface area contributed by atoms with Crippen LogP contribution in [-0.2, 0) is 4.74 Å². The van der Waals surface area contributed by atoms with Crippen molar-refractivity contribution in [3.8, 4) is 0 Å². The number of halogens is 2. The van der Waals surface area contributed by atoms with Gasteiger partial charge in [-0.1, -0.05) is 0 Å². The van der Waals surface area contributed by atoms with Crippen molar-refractivity contribution >= 4 is 39.7 Å². The Hall–Kier alpha value is -1.39. The number of hydrogen-bond donors (Lipinski definition) is 0. The van der Waals surface area contributed by atoms with Gasteiger partial charge in [0.2, 0.25) is 0 Å². The van der Waals surface area contributed by atoms with Crippen molar-refractivity contribution in [2.24, 2.45) is 0 Å². The van der Waals surface area contributed by atoms with Crippen LogP contribution in [0.4, 0.5) is 0 Å². The maximum atomic E-state index is 11.2. The first-order valence-corrected chi connectivity index (χ1v) is 4.84. The fourth-order valence-electron chi connectivity index (χ4n) is 1.09. The minimum absolute atomic E-state index is 0.00793. The summed E-state index contributed by atoms with van der Waals surface area (Å²) in [6.07, 6.45) is 0. The Labute approximate surface area is 101 Å². The lowest BCUT2D eigenvalue weighted by Gasteiger charge is -2.03. The van der Waals surface area contributed by atoms with Gasteiger partial charge in [-0.15, -0.1) is 0 Å². The predicted octanol–water partition coefficient (Wildman–Crippen LogP) is 2.23. The third kappa shape index (κ3) is 2.81. The summed E-state index contributed by atoms with van der Waals surface area (Å²) in [6.45, 7) is 0. The lowest BCUT2D eigenvalue weighted by atomic mass is 10.1. The van der Waals surface area contributed by atoms with Gasteiger partial charge in [0.05, 0.1) is 12.7 Å². The topological polar surface area (TPSA) is 60.4 Å². The maximum Gasteiger partial charge on any atom is 0.337 e. The van der Waals surface area contributed by atoms with E-state index in [9.17, 15) is 14.4 Å². The first kappa shape index (κ1) is 12.7. The van der Waals surface area contributed by atoms with Gasteiger partial charge >= 0.3 is 5.97 Å². The number of carbonyl (C=O) groups excluding carboxylic acids is 3. The Morgan fingerprint density at radius 3 is 1.62 bits per heavy atom. The monoisotopic (exact) mass is 260 g/mol. The molecule has 0 aliphatic rings. The van der Waals surface area contributed by atoms with E-state index in [-0.39, 0.29) is 16.7 Å². The standard InChI is InChI=1S/C10H6Cl2O4/c1-16-10(15)7-3-5(8(11)13)2-6(4-7)9(12)14/h2-4H,1H3. The van der Waals surface area contributed by atoms with Crippen molar-refractivity contribution in [2.75, 3.05) is 7.11 Å². The van der Waals surface area contributed by atoms with Crippen molar-refractivity contribution in [3.05, 3.63) is 34.9 Å². The van der Waals surface area contributed by atoms with Gasteiger partial charge in [-0.3, -0.25) is 9.59 Å². The van der Waals surface area contributed by atoms with Crippen molar-refractivity contribution in [1.82, 2.24) is 0 Å². The van der Waals surface area contributed by atoms with Gasteiger partial charge < -0.3 is 4.74 Å². The van der Waals surface area contributed by atoms with Crippen LogP contribution in [0.15, 0.2) is 18.2 Å². The zero-order chi connectivity index (χ0) is 12.3. The Morgan fingerprint density at radius 2 is 1.31 bits per heavy atom. The van der Waals surface area contributed by atoms with Gasteiger partial charge in [-0.25, -0.2) is 4.79 Å². The second-order valence-corrected chi connectivity index (χ2v) is 3.52. The van der Waals surface area contributed by atoms with Crippen LogP contribution in [0.5, 0.6) is 0 Å². The average Bonchev–Trinajstić information content (AvgIpc) is 2.27. The molecule has 0 saturated heterocycles. The lowest BCUT2D eigenvalue weighted by Crippen LogP contribution is -2.05. The van der Waals surface area contributed by atoms with E-state index in [0.717, 1.165) is 0 Å². The number of carbonyl (C=O) groups is 3. The second-order valence-electron chi connectivity index (χ2n) is 2.84. The van der Waals surface area contributed by atoms with E-state index in [0.29, 0.717) is 0 Å². The molecule has 0 atom stereocenters. The molecule has 0 saturated carbocycles. The van der Waals surface area contributed by atoms with E-state index in [1.165, 1.54) is 25.3 Å². The summed E-state index contributed by atoms with van der Waals surface area (Å²) in [4.78, 5) is 33.1. The van der Waals surface area contributed by atoms with Crippen molar-refractivity contribution < 1.29 is 19.1 Å². The highest BCUT2D eigenvalue weighted by Crippen LogP contribution is 2.15. The molecule has 0 radical (unpaired) electrons. The summed E-state index contributed by atoms with van der Waals surface area (Å²) in [5.74, 6) is -0.682. The molecule has 1 aromatic carbocycles. The largest absolute Gasteiger partial charge is 0.465 e. The molecule has 0 aromatic heterocycles. The fourth-order valence-corrected chi connectivity index (χ4v) is 1.31. The summed E-state index contributed by atoms with van der Waals surface area (Å²) < 4.78 is 4.46. The van der Waals surface area contributed by atoms with Crippen LogP contribution in [0.3, 0.4) is 0 Å². The zero-order valence-corrected chi connectivity index (χ0v) is 9.63. The lowest BCUT2D eigenvalue weighted by molar-refractivity contribution is 0.0600. The van der Waals surface area contributed by atoms with E-state index in [1.807, 2.05) is 0 Å². The quantitative estimate of drug-likeness (QED) is 0.618. The van der Waals surface area contributed by atoms with Gasteiger partial charge in [0, 0.05) is 11.1 Å². The highest BCUT2D eigenvalue weighted by molar-refractivity contribution is 6.69. The molecular formula is C10H6Cl2O4. The molecule has 0 bridgehead atoms. The van der Waals surface area contributed by atoms with E-state index in [2.05, 4.69) is 4.74 Å². The molecule has 0 spiro atoms. The Balaban J connectivity index is 3.35. The van der Waals surface area contributed by atoms with Crippen LogP contribution in [-0.4, -0.2) is 23.6 Å². The third-order valence-corrected chi connectivity index (χ3v) is 2.24. The minimum Gasteiger partial charge on any atom is -0.465 e. The molecule has 1 rings (SSSR count). The summed E-state index contributed by atoms with van der Waals surface area (Å²) >= 11 is 10.5. The minimum atomic E-state index is -0.787.